The molecule has 0 amide bonds. The second-order valence-electron chi connectivity index (χ2n) is 7.50. The molecule has 0 unspecified atom stereocenters. The van der Waals surface area contributed by atoms with E-state index >= 15 is 0 Å². The second kappa shape index (κ2) is 12.4. The summed E-state index contributed by atoms with van der Waals surface area (Å²) < 4.78 is 12.0. The summed E-state index contributed by atoms with van der Waals surface area (Å²) in [6, 6.07) is 11.8. The molecule has 4 nitrogen and oxygen atoms in total. The van der Waals surface area contributed by atoms with E-state index in [-0.39, 0.29) is 0 Å². The van der Waals surface area contributed by atoms with E-state index in [0.29, 0.717) is 36.5 Å². The van der Waals surface area contributed by atoms with Crippen LogP contribution >= 0.6 is 0 Å². The maximum atomic E-state index is 6.09. The minimum Gasteiger partial charge on any atom is -0.483 e. The fourth-order valence-corrected chi connectivity index (χ4v) is 3.33. The van der Waals surface area contributed by atoms with Gasteiger partial charge in [-0.2, -0.15) is 0 Å². The quantitative estimate of drug-likeness (QED) is 0.370. The number of ether oxygens (including phenoxy) is 2. The summed E-state index contributed by atoms with van der Waals surface area (Å²) in [5, 5.41) is 8.52. The molecule has 3 rings (SSSR count). The Labute approximate surface area is 185 Å². The molecule has 0 aliphatic heterocycles. The van der Waals surface area contributed by atoms with E-state index in [9.17, 15) is 0 Å². The van der Waals surface area contributed by atoms with E-state index in [0.717, 1.165) is 17.6 Å². The second-order valence-corrected chi connectivity index (χ2v) is 7.50. The SMILES string of the molecule is C=CC=C(C=CCC)COc1cc(C#CC2CCCC2)nnc1OCc1ccccc1. The molecule has 1 heterocycles. The van der Waals surface area contributed by atoms with Gasteiger partial charge in [-0.25, -0.2) is 0 Å². The molecule has 0 saturated heterocycles. The normalized spacial score (nSPS) is 14.3. The number of rotatable bonds is 9. The Kier molecular flexibility index (Phi) is 8.94. The van der Waals surface area contributed by atoms with Crippen LogP contribution in [-0.4, -0.2) is 16.8 Å². The van der Waals surface area contributed by atoms with Crippen LogP contribution in [0.1, 0.15) is 50.3 Å². The van der Waals surface area contributed by atoms with E-state index < -0.39 is 0 Å². The Morgan fingerprint density at radius 1 is 1.16 bits per heavy atom. The van der Waals surface area contributed by atoms with Crippen LogP contribution in [0.3, 0.4) is 0 Å². The number of hydrogen-bond acceptors (Lipinski definition) is 4. The zero-order valence-corrected chi connectivity index (χ0v) is 18.2. The van der Waals surface area contributed by atoms with Gasteiger partial charge in [0.25, 0.3) is 5.88 Å². The molecule has 1 aliphatic carbocycles. The van der Waals surface area contributed by atoms with Gasteiger partial charge in [-0.15, -0.1) is 10.2 Å². The Morgan fingerprint density at radius 2 is 1.97 bits per heavy atom. The molecule has 1 aromatic heterocycles. The van der Waals surface area contributed by atoms with Gasteiger partial charge in [0.1, 0.15) is 18.9 Å². The van der Waals surface area contributed by atoms with Crippen LogP contribution < -0.4 is 9.47 Å². The zero-order valence-electron chi connectivity index (χ0n) is 18.2. The standard InChI is InChI=1S/C27H30N2O2/c1-3-5-12-23(11-4-2)20-30-26-19-25(18-17-22-13-9-10-14-22)28-29-27(26)31-21-24-15-7-6-8-16-24/h4-8,11-12,15-16,19,22H,2-3,9-10,13-14,20-21H2,1H3. The predicted octanol–water partition coefficient (Wildman–Crippen LogP) is 6.05. The molecule has 0 radical (unpaired) electrons. The van der Waals surface area contributed by atoms with E-state index in [1.54, 1.807) is 6.08 Å². The van der Waals surface area contributed by atoms with Gasteiger partial charge in [-0.3, -0.25) is 0 Å². The molecule has 1 fully saturated rings. The molecule has 0 N–H and O–H groups in total. The maximum absolute atomic E-state index is 6.09. The number of benzene rings is 1. The van der Waals surface area contributed by atoms with Crippen molar-refractivity contribution in [1.82, 2.24) is 10.2 Å². The van der Waals surface area contributed by atoms with Gasteiger partial charge in [0, 0.05) is 12.0 Å². The van der Waals surface area contributed by atoms with Crippen LogP contribution in [0.4, 0.5) is 0 Å². The summed E-state index contributed by atoms with van der Waals surface area (Å²) in [5.41, 5.74) is 2.67. The van der Waals surface area contributed by atoms with Crippen LogP contribution in [-0.2, 0) is 6.61 Å². The Morgan fingerprint density at radius 3 is 2.71 bits per heavy atom. The molecule has 0 atom stereocenters. The minimum atomic E-state index is 0.368. The van der Waals surface area contributed by atoms with Gasteiger partial charge in [-0.1, -0.05) is 86.9 Å². The Hall–Kier alpha value is -3.32. The fraction of sp³-hybridized carbons (Fsp3) is 0.333. The summed E-state index contributed by atoms with van der Waals surface area (Å²) in [6.07, 6.45) is 13.6. The van der Waals surface area contributed by atoms with Crippen molar-refractivity contribution in [2.24, 2.45) is 5.92 Å². The Balaban J connectivity index is 1.78. The van der Waals surface area contributed by atoms with Crippen molar-refractivity contribution in [3.63, 3.8) is 0 Å². The summed E-state index contributed by atoms with van der Waals surface area (Å²) in [5.74, 6) is 7.87. The van der Waals surface area contributed by atoms with Crippen molar-refractivity contribution in [2.75, 3.05) is 6.61 Å². The van der Waals surface area contributed by atoms with Crippen LogP contribution in [0.2, 0.25) is 0 Å². The molecule has 1 saturated carbocycles. The molecular weight excluding hydrogens is 384 g/mol. The van der Waals surface area contributed by atoms with Crippen molar-refractivity contribution in [3.05, 3.63) is 84.1 Å². The van der Waals surface area contributed by atoms with Crippen molar-refractivity contribution in [1.29, 1.82) is 0 Å². The topological polar surface area (TPSA) is 44.2 Å². The molecule has 160 valence electrons. The third-order valence-electron chi connectivity index (χ3n) is 5.00. The molecule has 0 spiro atoms. The third kappa shape index (κ3) is 7.46. The lowest BCUT2D eigenvalue weighted by atomic mass is 10.1. The van der Waals surface area contributed by atoms with Crippen molar-refractivity contribution < 1.29 is 9.47 Å². The highest BCUT2D eigenvalue weighted by atomic mass is 16.5. The molecule has 1 aromatic carbocycles. The highest BCUT2D eigenvalue weighted by molar-refractivity contribution is 5.40. The highest BCUT2D eigenvalue weighted by Crippen LogP contribution is 2.27. The summed E-state index contributed by atoms with van der Waals surface area (Å²) in [4.78, 5) is 0. The number of nitrogens with zero attached hydrogens (tertiary/aromatic N) is 2. The number of allylic oxidation sites excluding steroid dienone is 3. The largest absolute Gasteiger partial charge is 0.483 e. The van der Waals surface area contributed by atoms with E-state index in [1.807, 2.05) is 48.6 Å². The van der Waals surface area contributed by atoms with Crippen molar-refractivity contribution >= 4 is 0 Å². The van der Waals surface area contributed by atoms with E-state index in [1.165, 1.54) is 25.7 Å². The first kappa shape index (κ1) is 22.4. The van der Waals surface area contributed by atoms with Crippen LogP contribution in [0.25, 0.3) is 0 Å². The van der Waals surface area contributed by atoms with Crippen LogP contribution in [0, 0.1) is 17.8 Å². The lowest BCUT2D eigenvalue weighted by Crippen LogP contribution is -2.06. The lowest BCUT2D eigenvalue weighted by molar-refractivity contribution is 0.259. The lowest BCUT2D eigenvalue weighted by Gasteiger charge is -2.12. The highest BCUT2D eigenvalue weighted by Gasteiger charge is 2.13. The fourth-order valence-electron chi connectivity index (χ4n) is 3.33. The van der Waals surface area contributed by atoms with Crippen molar-refractivity contribution in [2.45, 2.75) is 45.6 Å². The first-order valence-corrected chi connectivity index (χ1v) is 11.0. The van der Waals surface area contributed by atoms with Gasteiger partial charge in [0.2, 0.25) is 0 Å². The molecular formula is C27H30N2O2. The minimum absolute atomic E-state index is 0.368. The third-order valence-corrected chi connectivity index (χ3v) is 5.00. The van der Waals surface area contributed by atoms with Crippen LogP contribution in [0.15, 0.2) is 72.9 Å². The van der Waals surface area contributed by atoms with E-state index in [2.05, 4.69) is 41.6 Å². The molecule has 0 bridgehead atoms. The Bertz CT molecular complexity index is 962. The molecule has 1 aliphatic rings. The van der Waals surface area contributed by atoms with E-state index in [4.69, 9.17) is 9.47 Å². The molecule has 4 heteroatoms. The predicted molar refractivity (Wildman–Crippen MR) is 125 cm³/mol. The first-order chi connectivity index (χ1) is 15.3. The molecule has 2 aromatic rings. The summed E-state index contributed by atoms with van der Waals surface area (Å²) in [7, 11) is 0. The average molecular weight is 415 g/mol. The van der Waals surface area contributed by atoms with Gasteiger partial charge in [0.05, 0.1) is 0 Å². The maximum Gasteiger partial charge on any atom is 0.276 e. The van der Waals surface area contributed by atoms with Crippen LogP contribution in [0.5, 0.6) is 11.6 Å². The van der Waals surface area contributed by atoms with Gasteiger partial charge in [-0.05, 0) is 36.3 Å². The number of hydrogen-bond donors (Lipinski definition) is 0. The number of aromatic nitrogens is 2. The van der Waals surface area contributed by atoms with Crippen molar-refractivity contribution in [3.8, 4) is 23.5 Å². The molecule has 31 heavy (non-hydrogen) atoms. The monoisotopic (exact) mass is 414 g/mol. The zero-order chi connectivity index (χ0) is 21.7. The summed E-state index contributed by atoms with van der Waals surface area (Å²) in [6.45, 7) is 6.66. The van der Waals surface area contributed by atoms with Gasteiger partial charge >= 0.3 is 0 Å². The van der Waals surface area contributed by atoms with Gasteiger partial charge in [0.15, 0.2) is 5.75 Å². The first-order valence-electron chi connectivity index (χ1n) is 11.0. The summed E-state index contributed by atoms with van der Waals surface area (Å²) >= 11 is 0. The smallest absolute Gasteiger partial charge is 0.276 e. The average Bonchev–Trinajstić information content (AvgIpc) is 3.33. The van der Waals surface area contributed by atoms with Gasteiger partial charge < -0.3 is 9.47 Å².